The largest absolute Gasteiger partial charge is 0.370 e. The van der Waals surface area contributed by atoms with E-state index in [1.165, 1.54) is 11.1 Å². The van der Waals surface area contributed by atoms with Gasteiger partial charge in [-0.15, -0.1) is 0 Å². The smallest absolute Gasteiger partial charge is 0.132 e. The van der Waals surface area contributed by atoms with Crippen molar-refractivity contribution in [1.29, 1.82) is 0 Å². The summed E-state index contributed by atoms with van der Waals surface area (Å²) in [7, 11) is 0. The highest BCUT2D eigenvalue weighted by Gasteiger charge is 2.09. The molecule has 0 unspecified atom stereocenters. The molecule has 94 valence electrons. The Labute approximate surface area is 108 Å². The van der Waals surface area contributed by atoms with Gasteiger partial charge in [0.25, 0.3) is 0 Å². The van der Waals surface area contributed by atoms with Crippen molar-refractivity contribution in [3.8, 4) is 11.3 Å². The maximum absolute atomic E-state index is 4.41. The fourth-order valence-electron chi connectivity index (χ4n) is 1.98. The summed E-state index contributed by atoms with van der Waals surface area (Å²) < 4.78 is 0. The fraction of sp³-hybridized carbons (Fsp3) is 0.333. The van der Waals surface area contributed by atoms with Gasteiger partial charge < -0.3 is 5.32 Å². The summed E-state index contributed by atoms with van der Waals surface area (Å²) in [6.07, 6.45) is 1.62. The lowest BCUT2D eigenvalue weighted by molar-refractivity contribution is 1.09. The topological polar surface area (TPSA) is 37.8 Å². The molecule has 18 heavy (non-hydrogen) atoms. The molecule has 0 saturated carbocycles. The lowest BCUT2D eigenvalue weighted by Gasteiger charge is -2.11. The van der Waals surface area contributed by atoms with Crippen LogP contribution in [0.2, 0.25) is 0 Å². The third kappa shape index (κ3) is 2.35. The maximum Gasteiger partial charge on any atom is 0.132 e. The summed E-state index contributed by atoms with van der Waals surface area (Å²) in [6, 6.07) is 6.44. The van der Waals surface area contributed by atoms with Crippen molar-refractivity contribution in [3.63, 3.8) is 0 Å². The second kappa shape index (κ2) is 5.17. The number of anilines is 1. The summed E-state index contributed by atoms with van der Waals surface area (Å²) in [5.74, 6) is 0.917. The van der Waals surface area contributed by atoms with E-state index in [9.17, 15) is 0 Å². The van der Waals surface area contributed by atoms with Crippen LogP contribution in [0.3, 0.4) is 0 Å². The molecule has 1 heterocycles. The SMILES string of the molecule is CCNc1ncnc(-c2ccc(C)c(C)c2)c1C. The quantitative estimate of drug-likeness (QED) is 0.893. The predicted octanol–water partition coefficient (Wildman–Crippen LogP) is 3.50. The van der Waals surface area contributed by atoms with Crippen molar-refractivity contribution in [1.82, 2.24) is 9.97 Å². The molecule has 1 aromatic carbocycles. The molecule has 0 atom stereocenters. The highest BCUT2D eigenvalue weighted by Crippen LogP contribution is 2.26. The molecule has 1 aromatic heterocycles. The molecule has 0 aliphatic heterocycles. The van der Waals surface area contributed by atoms with Crippen LogP contribution >= 0.6 is 0 Å². The number of aryl methyl sites for hydroxylation is 2. The maximum atomic E-state index is 4.41. The Hall–Kier alpha value is -1.90. The Morgan fingerprint density at radius 2 is 1.83 bits per heavy atom. The van der Waals surface area contributed by atoms with E-state index < -0.39 is 0 Å². The van der Waals surface area contributed by atoms with Crippen LogP contribution in [-0.2, 0) is 0 Å². The monoisotopic (exact) mass is 241 g/mol. The first kappa shape index (κ1) is 12.6. The molecule has 0 aliphatic carbocycles. The molecule has 0 fully saturated rings. The molecule has 0 radical (unpaired) electrons. The van der Waals surface area contributed by atoms with Gasteiger partial charge in [0, 0.05) is 17.7 Å². The Morgan fingerprint density at radius 3 is 2.50 bits per heavy atom. The van der Waals surface area contributed by atoms with E-state index in [4.69, 9.17) is 0 Å². The van der Waals surface area contributed by atoms with Crippen molar-refractivity contribution in [2.75, 3.05) is 11.9 Å². The first-order valence-electron chi connectivity index (χ1n) is 6.26. The van der Waals surface area contributed by atoms with Crippen molar-refractivity contribution >= 4 is 5.82 Å². The average molecular weight is 241 g/mol. The van der Waals surface area contributed by atoms with E-state index in [0.29, 0.717) is 0 Å². The Bertz CT molecular complexity index is 562. The van der Waals surface area contributed by atoms with Crippen LogP contribution in [0.5, 0.6) is 0 Å². The molecule has 0 aliphatic rings. The number of hydrogen-bond acceptors (Lipinski definition) is 3. The number of benzene rings is 1. The van der Waals surface area contributed by atoms with E-state index in [-0.39, 0.29) is 0 Å². The lowest BCUT2D eigenvalue weighted by Crippen LogP contribution is -2.03. The van der Waals surface area contributed by atoms with Gasteiger partial charge in [-0.1, -0.05) is 12.1 Å². The van der Waals surface area contributed by atoms with Gasteiger partial charge in [-0.25, -0.2) is 9.97 Å². The van der Waals surface area contributed by atoms with Crippen LogP contribution in [0.1, 0.15) is 23.6 Å². The van der Waals surface area contributed by atoms with Crippen LogP contribution in [-0.4, -0.2) is 16.5 Å². The predicted molar refractivity (Wildman–Crippen MR) is 75.8 cm³/mol. The third-order valence-electron chi connectivity index (χ3n) is 3.21. The molecule has 0 saturated heterocycles. The molecule has 1 N–H and O–H groups in total. The minimum Gasteiger partial charge on any atom is -0.370 e. The fourth-order valence-corrected chi connectivity index (χ4v) is 1.98. The summed E-state index contributed by atoms with van der Waals surface area (Å²) in [4.78, 5) is 8.68. The normalized spacial score (nSPS) is 10.4. The van der Waals surface area contributed by atoms with Crippen LogP contribution in [0, 0.1) is 20.8 Å². The molecule has 2 rings (SSSR count). The second-order valence-electron chi connectivity index (χ2n) is 4.53. The van der Waals surface area contributed by atoms with Crippen LogP contribution in [0.4, 0.5) is 5.82 Å². The summed E-state index contributed by atoms with van der Waals surface area (Å²) in [6.45, 7) is 9.24. The molecule has 2 aromatic rings. The lowest BCUT2D eigenvalue weighted by atomic mass is 10.0. The van der Waals surface area contributed by atoms with E-state index in [2.05, 4.69) is 61.2 Å². The first-order valence-corrected chi connectivity index (χ1v) is 6.26. The minimum absolute atomic E-state index is 0.865. The first-order chi connectivity index (χ1) is 8.63. The molecule has 3 heteroatoms. The van der Waals surface area contributed by atoms with Gasteiger partial charge in [0.2, 0.25) is 0 Å². The molecular weight excluding hydrogens is 222 g/mol. The highest BCUT2D eigenvalue weighted by atomic mass is 15.0. The van der Waals surface area contributed by atoms with Gasteiger partial charge >= 0.3 is 0 Å². The summed E-state index contributed by atoms with van der Waals surface area (Å²) in [5.41, 5.74) is 5.84. The summed E-state index contributed by atoms with van der Waals surface area (Å²) in [5, 5.41) is 3.26. The Kier molecular flexibility index (Phi) is 3.60. The number of rotatable bonds is 3. The van der Waals surface area contributed by atoms with Gasteiger partial charge in [-0.2, -0.15) is 0 Å². The van der Waals surface area contributed by atoms with Crippen molar-refractivity contribution in [2.45, 2.75) is 27.7 Å². The molecule has 0 bridgehead atoms. The van der Waals surface area contributed by atoms with Gasteiger partial charge in [0.1, 0.15) is 12.1 Å². The average Bonchev–Trinajstić information content (AvgIpc) is 2.36. The van der Waals surface area contributed by atoms with E-state index in [0.717, 1.165) is 29.2 Å². The minimum atomic E-state index is 0.865. The van der Waals surface area contributed by atoms with E-state index in [1.54, 1.807) is 6.33 Å². The Balaban J connectivity index is 2.50. The molecule has 0 spiro atoms. The zero-order valence-electron chi connectivity index (χ0n) is 11.4. The second-order valence-corrected chi connectivity index (χ2v) is 4.53. The van der Waals surface area contributed by atoms with Crippen molar-refractivity contribution in [2.24, 2.45) is 0 Å². The highest BCUT2D eigenvalue weighted by molar-refractivity contribution is 5.68. The standard InChI is InChI=1S/C15H19N3/c1-5-16-15-12(4)14(17-9-18-15)13-7-6-10(2)11(3)8-13/h6-9H,5H2,1-4H3,(H,16,17,18). The van der Waals surface area contributed by atoms with E-state index in [1.807, 2.05) is 0 Å². The zero-order chi connectivity index (χ0) is 13.1. The number of hydrogen-bond donors (Lipinski definition) is 1. The number of aromatic nitrogens is 2. The third-order valence-corrected chi connectivity index (χ3v) is 3.21. The number of nitrogens with one attached hydrogen (secondary N) is 1. The van der Waals surface area contributed by atoms with Gasteiger partial charge in [-0.3, -0.25) is 0 Å². The van der Waals surface area contributed by atoms with Crippen molar-refractivity contribution in [3.05, 3.63) is 41.2 Å². The Morgan fingerprint density at radius 1 is 1.06 bits per heavy atom. The van der Waals surface area contributed by atoms with Gasteiger partial charge in [0.15, 0.2) is 0 Å². The number of nitrogens with zero attached hydrogens (tertiary/aromatic N) is 2. The van der Waals surface area contributed by atoms with Crippen LogP contribution in [0.15, 0.2) is 24.5 Å². The molecule has 3 nitrogen and oxygen atoms in total. The molecule has 0 amide bonds. The molecular formula is C15H19N3. The van der Waals surface area contributed by atoms with Crippen molar-refractivity contribution < 1.29 is 0 Å². The van der Waals surface area contributed by atoms with Crippen LogP contribution < -0.4 is 5.32 Å². The zero-order valence-corrected chi connectivity index (χ0v) is 11.4. The van der Waals surface area contributed by atoms with E-state index >= 15 is 0 Å². The van der Waals surface area contributed by atoms with Gasteiger partial charge in [-0.05, 0) is 44.9 Å². The summed E-state index contributed by atoms with van der Waals surface area (Å²) >= 11 is 0. The van der Waals surface area contributed by atoms with Crippen LogP contribution in [0.25, 0.3) is 11.3 Å². The van der Waals surface area contributed by atoms with Gasteiger partial charge in [0.05, 0.1) is 5.69 Å².